The Morgan fingerprint density at radius 3 is 1.77 bits per heavy atom. The average Bonchev–Trinajstić information content (AvgIpc) is 2.83. The summed E-state index contributed by atoms with van der Waals surface area (Å²) >= 11 is 0. The van der Waals surface area contributed by atoms with Crippen LogP contribution in [0, 0.1) is 0 Å². The predicted molar refractivity (Wildman–Crippen MR) is 118 cm³/mol. The Hall–Kier alpha value is -3.84. The summed E-state index contributed by atoms with van der Waals surface area (Å²) in [4.78, 5) is 13.1. The van der Waals surface area contributed by atoms with Gasteiger partial charge in [-0.25, -0.2) is 5.43 Å². The number of aliphatic hydroxyl groups is 1. The minimum Gasteiger partial charge on any atom is -0.493 e. The normalized spacial score (nSPS) is 11.2. The molecule has 0 aromatic heterocycles. The Morgan fingerprint density at radius 2 is 1.35 bits per heavy atom. The Kier molecular flexibility index (Phi) is 6.89. The molecular weight excluding hydrogens is 396 g/mol. The first kappa shape index (κ1) is 21.9. The number of carbonyl (C=O) groups excluding carboxylic acids is 1. The smallest absolute Gasteiger partial charge is 0.281 e. The van der Waals surface area contributed by atoms with Gasteiger partial charge in [-0.3, -0.25) is 4.79 Å². The van der Waals surface area contributed by atoms with Gasteiger partial charge in [-0.2, -0.15) is 5.10 Å². The van der Waals surface area contributed by atoms with Crippen molar-refractivity contribution < 1.29 is 24.1 Å². The summed E-state index contributed by atoms with van der Waals surface area (Å²) in [7, 11) is 4.54. The molecule has 0 aliphatic rings. The molecule has 3 aromatic carbocycles. The fourth-order valence-electron chi connectivity index (χ4n) is 3.21. The highest BCUT2D eigenvalue weighted by molar-refractivity contribution is 5.91. The van der Waals surface area contributed by atoms with Gasteiger partial charge < -0.3 is 19.3 Å². The Bertz CT molecular complexity index is 988. The molecule has 2 N–H and O–H groups in total. The van der Waals surface area contributed by atoms with E-state index < -0.39 is 11.5 Å². The third kappa shape index (κ3) is 4.51. The molecule has 160 valence electrons. The number of hydrazone groups is 1. The number of nitrogens with one attached hydrogen (secondary N) is 1. The molecule has 0 radical (unpaired) electrons. The van der Waals surface area contributed by atoms with Crippen molar-refractivity contribution in [1.29, 1.82) is 0 Å². The highest BCUT2D eigenvalue weighted by atomic mass is 16.5. The van der Waals surface area contributed by atoms with Crippen molar-refractivity contribution in [2.24, 2.45) is 5.10 Å². The molecule has 0 heterocycles. The van der Waals surface area contributed by atoms with E-state index in [1.807, 2.05) is 12.1 Å². The van der Waals surface area contributed by atoms with Crippen LogP contribution in [0.1, 0.15) is 16.7 Å². The molecule has 7 heteroatoms. The molecule has 0 atom stereocenters. The molecule has 3 aromatic rings. The molecule has 7 nitrogen and oxygen atoms in total. The monoisotopic (exact) mass is 420 g/mol. The third-order valence-electron chi connectivity index (χ3n) is 4.78. The van der Waals surface area contributed by atoms with Gasteiger partial charge >= 0.3 is 0 Å². The summed E-state index contributed by atoms with van der Waals surface area (Å²) < 4.78 is 15.9. The number of nitrogens with zero attached hydrogens (tertiary/aromatic N) is 1. The van der Waals surface area contributed by atoms with Crippen LogP contribution in [-0.4, -0.2) is 38.6 Å². The van der Waals surface area contributed by atoms with Crippen molar-refractivity contribution in [3.63, 3.8) is 0 Å². The Labute approximate surface area is 180 Å². The van der Waals surface area contributed by atoms with Crippen LogP contribution in [0.4, 0.5) is 0 Å². The standard InChI is InChI=1S/C24H24N2O5/c1-29-20-14-17(15-21(30-2)22(20)31-3)16-25-26-23(27)24(28,18-10-6-4-7-11-18)19-12-8-5-9-13-19/h4-16,28H,1-3H3,(H,26,27). The minimum atomic E-state index is -1.91. The van der Waals surface area contributed by atoms with Crippen LogP contribution in [0.15, 0.2) is 77.9 Å². The van der Waals surface area contributed by atoms with Gasteiger partial charge in [-0.15, -0.1) is 0 Å². The van der Waals surface area contributed by atoms with Gasteiger partial charge in [0.2, 0.25) is 5.75 Å². The first-order valence-corrected chi connectivity index (χ1v) is 9.51. The second kappa shape index (κ2) is 9.77. The number of benzene rings is 3. The number of carbonyl (C=O) groups is 1. The van der Waals surface area contributed by atoms with Gasteiger partial charge in [-0.1, -0.05) is 60.7 Å². The number of hydrogen-bond acceptors (Lipinski definition) is 6. The molecule has 0 spiro atoms. The van der Waals surface area contributed by atoms with Crippen molar-refractivity contribution in [3.8, 4) is 17.2 Å². The first-order valence-electron chi connectivity index (χ1n) is 9.51. The lowest BCUT2D eigenvalue weighted by atomic mass is 9.85. The van der Waals surface area contributed by atoms with Crippen LogP contribution in [0.3, 0.4) is 0 Å². The van der Waals surface area contributed by atoms with Crippen LogP contribution in [-0.2, 0) is 10.4 Å². The van der Waals surface area contributed by atoms with Gasteiger partial charge in [0.25, 0.3) is 5.91 Å². The first-order chi connectivity index (χ1) is 15.0. The van der Waals surface area contributed by atoms with Crippen LogP contribution in [0.5, 0.6) is 17.2 Å². The van der Waals surface area contributed by atoms with Crippen molar-refractivity contribution in [1.82, 2.24) is 5.43 Å². The summed E-state index contributed by atoms with van der Waals surface area (Å²) in [5, 5.41) is 15.4. The third-order valence-corrected chi connectivity index (χ3v) is 4.78. The number of ether oxygens (including phenoxy) is 3. The van der Waals surface area contributed by atoms with Gasteiger partial charge in [0.05, 0.1) is 27.5 Å². The summed E-state index contributed by atoms with van der Waals surface area (Å²) in [5.74, 6) is 0.682. The second-order valence-corrected chi connectivity index (χ2v) is 6.60. The molecule has 0 aliphatic heterocycles. The number of hydrogen-bond donors (Lipinski definition) is 2. The van der Waals surface area contributed by atoms with Crippen molar-refractivity contribution >= 4 is 12.1 Å². The topological polar surface area (TPSA) is 89.4 Å². The number of methoxy groups -OCH3 is 3. The largest absolute Gasteiger partial charge is 0.493 e. The molecule has 31 heavy (non-hydrogen) atoms. The molecule has 0 fully saturated rings. The SMILES string of the molecule is COc1cc(C=NNC(=O)C(O)(c2ccccc2)c2ccccc2)cc(OC)c1OC. The lowest BCUT2D eigenvalue weighted by Gasteiger charge is -2.27. The number of rotatable bonds is 8. The fourth-order valence-corrected chi connectivity index (χ4v) is 3.21. The summed E-state index contributed by atoms with van der Waals surface area (Å²) in [5.41, 5.74) is 2.01. The van der Waals surface area contributed by atoms with Gasteiger partial charge in [0, 0.05) is 5.56 Å². The van der Waals surface area contributed by atoms with Crippen molar-refractivity contribution in [2.45, 2.75) is 5.60 Å². The molecule has 3 rings (SSSR count). The zero-order chi connectivity index (χ0) is 22.3. The minimum absolute atomic E-state index is 0.432. The molecular formula is C24H24N2O5. The number of amides is 1. The zero-order valence-corrected chi connectivity index (χ0v) is 17.5. The molecule has 0 saturated heterocycles. The van der Waals surface area contributed by atoms with Crippen LogP contribution >= 0.6 is 0 Å². The lowest BCUT2D eigenvalue weighted by molar-refractivity contribution is -0.136. The van der Waals surface area contributed by atoms with E-state index >= 15 is 0 Å². The van der Waals surface area contributed by atoms with Gasteiger partial charge in [0.15, 0.2) is 17.1 Å². The van der Waals surface area contributed by atoms with E-state index in [9.17, 15) is 9.90 Å². The molecule has 1 amide bonds. The van der Waals surface area contributed by atoms with E-state index in [4.69, 9.17) is 14.2 Å². The van der Waals surface area contributed by atoms with Crippen LogP contribution < -0.4 is 19.6 Å². The maximum atomic E-state index is 13.1. The van der Waals surface area contributed by atoms with E-state index in [-0.39, 0.29) is 0 Å². The lowest BCUT2D eigenvalue weighted by Crippen LogP contribution is -2.43. The summed E-state index contributed by atoms with van der Waals surface area (Å²) in [6.45, 7) is 0. The Balaban J connectivity index is 1.89. The van der Waals surface area contributed by atoms with E-state index in [1.165, 1.54) is 27.5 Å². The molecule has 0 bridgehead atoms. The van der Waals surface area contributed by atoms with Crippen LogP contribution in [0.2, 0.25) is 0 Å². The van der Waals surface area contributed by atoms with E-state index in [2.05, 4.69) is 10.5 Å². The van der Waals surface area contributed by atoms with Gasteiger partial charge in [0.1, 0.15) is 0 Å². The molecule has 0 aliphatic carbocycles. The fraction of sp³-hybridized carbons (Fsp3) is 0.167. The molecule has 0 saturated carbocycles. The van der Waals surface area contributed by atoms with Gasteiger partial charge in [-0.05, 0) is 23.3 Å². The Morgan fingerprint density at radius 1 is 0.871 bits per heavy atom. The van der Waals surface area contributed by atoms with Crippen molar-refractivity contribution in [3.05, 3.63) is 89.5 Å². The second-order valence-electron chi connectivity index (χ2n) is 6.60. The highest BCUT2D eigenvalue weighted by Gasteiger charge is 2.39. The summed E-state index contributed by atoms with van der Waals surface area (Å²) in [6, 6.07) is 20.8. The average molecular weight is 420 g/mol. The van der Waals surface area contributed by atoms with E-state index in [0.717, 1.165) is 0 Å². The van der Waals surface area contributed by atoms with E-state index in [1.54, 1.807) is 60.7 Å². The van der Waals surface area contributed by atoms with Crippen molar-refractivity contribution in [2.75, 3.05) is 21.3 Å². The highest BCUT2D eigenvalue weighted by Crippen LogP contribution is 2.37. The maximum absolute atomic E-state index is 13.1. The summed E-state index contributed by atoms with van der Waals surface area (Å²) in [6.07, 6.45) is 1.43. The van der Waals surface area contributed by atoms with E-state index in [0.29, 0.717) is 33.9 Å². The predicted octanol–water partition coefficient (Wildman–Crippen LogP) is 3.10. The van der Waals surface area contributed by atoms with Crippen LogP contribution in [0.25, 0.3) is 0 Å². The quantitative estimate of drug-likeness (QED) is 0.432. The maximum Gasteiger partial charge on any atom is 0.281 e. The molecule has 0 unspecified atom stereocenters. The zero-order valence-electron chi connectivity index (χ0n) is 17.5.